The number of hydrogen-bond donors (Lipinski definition) is 1. The SMILES string of the molecule is C/C(=N\NC(=O)c1ccccc1[N+](=O)[O-])c1ccc(C)cc1. The van der Waals surface area contributed by atoms with Gasteiger partial charge >= 0.3 is 0 Å². The van der Waals surface area contributed by atoms with Crippen molar-refractivity contribution in [2.75, 3.05) is 0 Å². The quantitative estimate of drug-likeness (QED) is 0.534. The Labute approximate surface area is 127 Å². The van der Waals surface area contributed by atoms with Gasteiger partial charge in [-0.15, -0.1) is 0 Å². The lowest BCUT2D eigenvalue weighted by Gasteiger charge is -2.04. The van der Waals surface area contributed by atoms with Crippen LogP contribution in [0.2, 0.25) is 0 Å². The summed E-state index contributed by atoms with van der Waals surface area (Å²) in [6.45, 7) is 3.73. The highest BCUT2D eigenvalue weighted by atomic mass is 16.6. The van der Waals surface area contributed by atoms with Gasteiger partial charge in [-0.1, -0.05) is 42.0 Å². The maximum atomic E-state index is 12.0. The number of nitro groups is 1. The second-order valence-electron chi connectivity index (χ2n) is 4.78. The minimum absolute atomic E-state index is 0.0204. The molecule has 0 spiro atoms. The molecule has 0 aliphatic heterocycles. The number of nitrogens with one attached hydrogen (secondary N) is 1. The van der Waals surface area contributed by atoms with E-state index in [1.54, 1.807) is 13.0 Å². The van der Waals surface area contributed by atoms with E-state index < -0.39 is 10.8 Å². The summed E-state index contributed by atoms with van der Waals surface area (Å²) in [5.41, 5.74) is 4.70. The average Bonchev–Trinajstić information content (AvgIpc) is 2.53. The van der Waals surface area contributed by atoms with Crippen LogP contribution < -0.4 is 5.43 Å². The molecule has 2 rings (SSSR count). The lowest BCUT2D eigenvalue weighted by atomic mass is 10.1. The van der Waals surface area contributed by atoms with Gasteiger partial charge in [0.25, 0.3) is 11.6 Å². The molecule has 2 aromatic carbocycles. The van der Waals surface area contributed by atoms with Gasteiger partial charge in [0.05, 0.1) is 10.6 Å². The van der Waals surface area contributed by atoms with Crippen LogP contribution in [0, 0.1) is 17.0 Å². The maximum absolute atomic E-state index is 12.0. The zero-order valence-electron chi connectivity index (χ0n) is 12.2. The number of nitro benzene ring substituents is 1. The number of para-hydroxylation sites is 1. The first-order valence-electron chi connectivity index (χ1n) is 6.64. The van der Waals surface area contributed by atoms with Crippen LogP contribution in [-0.4, -0.2) is 16.5 Å². The summed E-state index contributed by atoms with van der Waals surface area (Å²) in [5.74, 6) is -0.612. The molecule has 0 aliphatic rings. The number of benzene rings is 2. The first-order valence-corrected chi connectivity index (χ1v) is 6.64. The molecule has 112 valence electrons. The minimum atomic E-state index is -0.612. The van der Waals surface area contributed by atoms with Gasteiger partial charge in [-0.25, -0.2) is 5.43 Å². The van der Waals surface area contributed by atoms with Crippen molar-refractivity contribution < 1.29 is 9.72 Å². The van der Waals surface area contributed by atoms with E-state index in [-0.39, 0.29) is 11.3 Å². The average molecular weight is 297 g/mol. The number of amides is 1. The highest BCUT2D eigenvalue weighted by Gasteiger charge is 2.18. The van der Waals surface area contributed by atoms with Crippen LogP contribution >= 0.6 is 0 Å². The summed E-state index contributed by atoms with van der Waals surface area (Å²) in [4.78, 5) is 22.4. The molecule has 1 N–H and O–H groups in total. The predicted molar refractivity (Wildman–Crippen MR) is 84.0 cm³/mol. The van der Waals surface area contributed by atoms with Crippen molar-refractivity contribution in [3.8, 4) is 0 Å². The zero-order chi connectivity index (χ0) is 16.1. The molecule has 0 atom stereocenters. The molecule has 0 saturated carbocycles. The van der Waals surface area contributed by atoms with E-state index in [0.717, 1.165) is 11.1 Å². The van der Waals surface area contributed by atoms with E-state index in [1.807, 2.05) is 31.2 Å². The molecular formula is C16H15N3O3. The van der Waals surface area contributed by atoms with Crippen LogP contribution in [0.15, 0.2) is 53.6 Å². The largest absolute Gasteiger partial charge is 0.282 e. The number of hydrogen-bond acceptors (Lipinski definition) is 4. The lowest BCUT2D eigenvalue weighted by Crippen LogP contribution is -2.20. The van der Waals surface area contributed by atoms with Crippen molar-refractivity contribution in [3.05, 3.63) is 75.3 Å². The summed E-state index contributed by atoms with van der Waals surface area (Å²) in [6, 6.07) is 13.4. The third kappa shape index (κ3) is 3.54. The molecule has 6 heteroatoms. The molecular weight excluding hydrogens is 282 g/mol. The van der Waals surface area contributed by atoms with Crippen LogP contribution in [0.4, 0.5) is 5.69 Å². The number of nitrogens with zero attached hydrogens (tertiary/aromatic N) is 2. The summed E-state index contributed by atoms with van der Waals surface area (Å²) in [5, 5.41) is 14.9. The Morgan fingerprint density at radius 3 is 2.41 bits per heavy atom. The first-order chi connectivity index (χ1) is 10.5. The molecule has 0 saturated heterocycles. The number of carbonyl (C=O) groups excluding carboxylic acids is 1. The molecule has 0 aliphatic carbocycles. The summed E-state index contributed by atoms with van der Waals surface area (Å²) in [6.07, 6.45) is 0. The van der Waals surface area contributed by atoms with Crippen molar-refractivity contribution in [2.24, 2.45) is 5.10 Å². The molecule has 0 bridgehead atoms. The fourth-order valence-electron chi connectivity index (χ4n) is 1.88. The molecule has 2 aromatic rings. The van der Waals surface area contributed by atoms with Gasteiger partial charge in [-0.3, -0.25) is 14.9 Å². The Morgan fingerprint density at radius 2 is 1.77 bits per heavy atom. The second-order valence-corrected chi connectivity index (χ2v) is 4.78. The molecule has 0 heterocycles. The van der Waals surface area contributed by atoms with Gasteiger partial charge in [0.1, 0.15) is 5.56 Å². The molecule has 0 aromatic heterocycles. The van der Waals surface area contributed by atoms with Crippen LogP contribution in [-0.2, 0) is 0 Å². The lowest BCUT2D eigenvalue weighted by molar-refractivity contribution is -0.385. The highest BCUT2D eigenvalue weighted by Crippen LogP contribution is 2.17. The van der Waals surface area contributed by atoms with Gasteiger partial charge in [0.15, 0.2) is 0 Å². The van der Waals surface area contributed by atoms with Gasteiger partial charge in [-0.2, -0.15) is 5.10 Å². The Balaban J connectivity index is 2.17. The van der Waals surface area contributed by atoms with Gasteiger partial charge in [0, 0.05) is 6.07 Å². The molecule has 0 unspecified atom stereocenters. The fraction of sp³-hybridized carbons (Fsp3) is 0.125. The summed E-state index contributed by atoms with van der Waals surface area (Å²) < 4.78 is 0. The van der Waals surface area contributed by atoms with E-state index in [9.17, 15) is 14.9 Å². The Morgan fingerprint density at radius 1 is 1.14 bits per heavy atom. The second kappa shape index (κ2) is 6.62. The fourth-order valence-corrected chi connectivity index (χ4v) is 1.88. The number of hydrazone groups is 1. The molecule has 22 heavy (non-hydrogen) atoms. The topological polar surface area (TPSA) is 84.6 Å². The summed E-state index contributed by atoms with van der Waals surface area (Å²) >= 11 is 0. The molecule has 0 fully saturated rings. The number of rotatable bonds is 4. The monoisotopic (exact) mass is 297 g/mol. The first kappa shape index (κ1) is 15.4. The summed E-state index contributed by atoms with van der Waals surface area (Å²) in [7, 11) is 0. The van der Waals surface area contributed by atoms with E-state index in [4.69, 9.17) is 0 Å². The highest BCUT2D eigenvalue weighted by molar-refractivity contribution is 6.02. The van der Waals surface area contributed by atoms with Crippen LogP contribution in [0.25, 0.3) is 0 Å². The van der Waals surface area contributed by atoms with Crippen molar-refractivity contribution >= 4 is 17.3 Å². The van der Waals surface area contributed by atoms with E-state index in [0.29, 0.717) is 5.71 Å². The predicted octanol–water partition coefficient (Wildman–Crippen LogP) is 3.06. The van der Waals surface area contributed by atoms with Gasteiger partial charge < -0.3 is 0 Å². The standard InChI is InChI=1S/C16H15N3O3/c1-11-7-9-13(10-8-11)12(2)17-18-16(20)14-5-3-4-6-15(14)19(21)22/h3-10H,1-2H3,(H,18,20)/b17-12+. The van der Waals surface area contributed by atoms with E-state index in [2.05, 4.69) is 10.5 Å². The maximum Gasteiger partial charge on any atom is 0.282 e. The molecule has 1 amide bonds. The molecule has 6 nitrogen and oxygen atoms in total. The van der Waals surface area contributed by atoms with Crippen molar-refractivity contribution in [2.45, 2.75) is 13.8 Å². The minimum Gasteiger partial charge on any atom is -0.267 e. The normalized spacial score (nSPS) is 11.1. The smallest absolute Gasteiger partial charge is 0.267 e. The third-order valence-corrected chi connectivity index (χ3v) is 3.14. The van der Waals surface area contributed by atoms with E-state index in [1.165, 1.54) is 18.2 Å². The van der Waals surface area contributed by atoms with E-state index >= 15 is 0 Å². The van der Waals surface area contributed by atoms with Crippen molar-refractivity contribution in [3.63, 3.8) is 0 Å². The number of carbonyl (C=O) groups is 1. The number of aryl methyl sites for hydroxylation is 1. The zero-order valence-corrected chi connectivity index (χ0v) is 12.2. The van der Waals surface area contributed by atoms with Crippen LogP contribution in [0.5, 0.6) is 0 Å². The third-order valence-electron chi connectivity index (χ3n) is 3.14. The Bertz CT molecular complexity index is 737. The van der Waals surface area contributed by atoms with Crippen LogP contribution in [0.1, 0.15) is 28.4 Å². The van der Waals surface area contributed by atoms with Crippen molar-refractivity contribution in [1.29, 1.82) is 0 Å². The van der Waals surface area contributed by atoms with Crippen LogP contribution in [0.3, 0.4) is 0 Å². The van der Waals surface area contributed by atoms with Gasteiger partial charge in [-0.05, 0) is 25.5 Å². The van der Waals surface area contributed by atoms with Gasteiger partial charge in [0.2, 0.25) is 0 Å². The molecule has 0 radical (unpaired) electrons. The Kier molecular flexibility index (Phi) is 4.63. The van der Waals surface area contributed by atoms with Crippen molar-refractivity contribution in [1.82, 2.24) is 5.43 Å². The Hall–Kier alpha value is -3.02.